The van der Waals surface area contributed by atoms with Crippen molar-refractivity contribution in [2.45, 2.75) is 0 Å². The molecule has 0 aliphatic heterocycles. The van der Waals surface area contributed by atoms with E-state index in [9.17, 15) is 0 Å². The van der Waals surface area contributed by atoms with E-state index in [1.54, 1.807) is 0 Å². The zero-order valence-corrected chi connectivity index (χ0v) is 18.7. The molecule has 0 bridgehead atoms. The lowest BCUT2D eigenvalue weighted by molar-refractivity contribution is 0.672. The molecule has 0 spiro atoms. The van der Waals surface area contributed by atoms with E-state index in [2.05, 4.69) is 119 Å². The van der Waals surface area contributed by atoms with E-state index in [1.165, 1.54) is 38.1 Å². The summed E-state index contributed by atoms with van der Waals surface area (Å²) in [6.07, 6.45) is 0. The molecule has 7 aromatic rings. The maximum Gasteiger partial charge on any atom is 0.143 e. The van der Waals surface area contributed by atoms with Crippen LogP contribution in [0.15, 0.2) is 112 Å². The first-order valence-electron chi connectivity index (χ1n) is 10.7. The molecule has 0 atom stereocenters. The van der Waals surface area contributed by atoms with Gasteiger partial charge in [-0.25, -0.2) is 0 Å². The van der Waals surface area contributed by atoms with Crippen LogP contribution in [0.25, 0.3) is 65.4 Å². The number of halogens is 1. The van der Waals surface area contributed by atoms with Crippen LogP contribution in [0, 0.1) is 0 Å². The highest BCUT2D eigenvalue weighted by molar-refractivity contribution is 9.10. The second kappa shape index (κ2) is 6.69. The first-order chi connectivity index (χ1) is 15.7. The van der Waals surface area contributed by atoms with Gasteiger partial charge in [-0.05, 0) is 74.5 Å². The molecule has 2 heteroatoms. The summed E-state index contributed by atoms with van der Waals surface area (Å²) in [6.45, 7) is 0. The number of furan rings is 1. The first kappa shape index (κ1) is 18.0. The predicted octanol–water partition coefficient (Wildman–Crippen LogP) is 9.48. The van der Waals surface area contributed by atoms with Crippen LogP contribution in [0.4, 0.5) is 0 Å². The Bertz CT molecular complexity index is 1840. The molecule has 0 N–H and O–H groups in total. The minimum atomic E-state index is 0.928. The highest BCUT2D eigenvalue weighted by atomic mass is 79.9. The van der Waals surface area contributed by atoms with Gasteiger partial charge in [0.1, 0.15) is 11.2 Å². The Labute approximate surface area is 193 Å². The summed E-state index contributed by atoms with van der Waals surface area (Å²) in [6, 6.07) is 36.9. The summed E-state index contributed by atoms with van der Waals surface area (Å²) >= 11 is 3.58. The quantitative estimate of drug-likeness (QED) is 0.217. The monoisotopic (exact) mass is 472 g/mol. The van der Waals surface area contributed by atoms with Gasteiger partial charge in [0.2, 0.25) is 0 Å². The van der Waals surface area contributed by atoms with Gasteiger partial charge in [-0.15, -0.1) is 0 Å². The molecule has 0 saturated heterocycles. The second-order valence-corrected chi connectivity index (χ2v) is 9.26. The average Bonchev–Trinajstić information content (AvgIpc) is 3.22. The SMILES string of the molecule is Brc1ccc2c(ccc3cc(-c4ccc5oc6c7ccccc7ccc6c5c4)ccc32)c1. The van der Waals surface area contributed by atoms with E-state index in [1.807, 2.05) is 0 Å². The lowest BCUT2D eigenvalue weighted by Crippen LogP contribution is -1.82. The van der Waals surface area contributed by atoms with Gasteiger partial charge in [0.05, 0.1) is 0 Å². The van der Waals surface area contributed by atoms with Crippen LogP contribution in [0.2, 0.25) is 0 Å². The topological polar surface area (TPSA) is 13.1 Å². The molecular weight excluding hydrogens is 456 g/mol. The third-order valence-electron chi connectivity index (χ3n) is 6.49. The summed E-state index contributed by atoms with van der Waals surface area (Å²) in [7, 11) is 0. The molecule has 0 radical (unpaired) electrons. The van der Waals surface area contributed by atoms with Gasteiger partial charge in [0.25, 0.3) is 0 Å². The molecule has 7 rings (SSSR count). The van der Waals surface area contributed by atoms with Crippen molar-refractivity contribution in [3.05, 3.63) is 108 Å². The summed E-state index contributed by atoms with van der Waals surface area (Å²) < 4.78 is 7.39. The predicted molar refractivity (Wildman–Crippen MR) is 139 cm³/mol. The maximum absolute atomic E-state index is 6.28. The molecule has 0 unspecified atom stereocenters. The van der Waals surface area contributed by atoms with Gasteiger partial charge in [-0.2, -0.15) is 0 Å². The van der Waals surface area contributed by atoms with E-state index < -0.39 is 0 Å². The van der Waals surface area contributed by atoms with Crippen molar-refractivity contribution in [2.75, 3.05) is 0 Å². The van der Waals surface area contributed by atoms with E-state index >= 15 is 0 Å². The Morgan fingerprint density at radius 1 is 0.469 bits per heavy atom. The minimum absolute atomic E-state index is 0.928. The van der Waals surface area contributed by atoms with E-state index in [0.29, 0.717) is 0 Å². The molecule has 32 heavy (non-hydrogen) atoms. The van der Waals surface area contributed by atoms with Gasteiger partial charge in [0, 0.05) is 20.6 Å². The summed E-state index contributed by atoms with van der Waals surface area (Å²) in [5, 5.41) is 9.74. The van der Waals surface area contributed by atoms with E-state index in [4.69, 9.17) is 4.42 Å². The van der Waals surface area contributed by atoms with Gasteiger partial charge in [-0.3, -0.25) is 0 Å². The van der Waals surface area contributed by atoms with Crippen molar-refractivity contribution in [1.82, 2.24) is 0 Å². The van der Waals surface area contributed by atoms with Crippen LogP contribution in [-0.4, -0.2) is 0 Å². The number of fused-ring (bicyclic) bond motifs is 8. The average molecular weight is 473 g/mol. The largest absolute Gasteiger partial charge is 0.455 e. The van der Waals surface area contributed by atoms with Gasteiger partial charge >= 0.3 is 0 Å². The van der Waals surface area contributed by atoms with Crippen molar-refractivity contribution < 1.29 is 4.42 Å². The van der Waals surface area contributed by atoms with E-state index in [0.717, 1.165) is 31.8 Å². The van der Waals surface area contributed by atoms with Gasteiger partial charge in [0.15, 0.2) is 0 Å². The van der Waals surface area contributed by atoms with Crippen LogP contribution in [0.1, 0.15) is 0 Å². The molecule has 0 aliphatic carbocycles. The normalized spacial score (nSPS) is 11.9. The Kier molecular flexibility index (Phi) is 3.76. The lowest BCUT2D eigenvalue weighted by atomic mass is 9.96. The highest BCUT2D eigenvalue weighted by Crippen LogP contribution is 2.37. The molecule has 1 nitrogen and oxygen atoms in total. The van der Waals surface area contributed by atoms with Crippen molar-refractivity contribution in [1.29, 1.82) is 0 Å². The van der Waals surface area contributed by atoms with Crippen molar-refractivity contribution >= 4 is 70.2 Å². The third-order valence-corrected chi connectivity index (χ3v) is 6.99. The smallest absolute Gasteiger partial charge is 0.143 e. The summed E-state index contributed by atoms with van der Waals surface area (Å²) in [4.78, 5) is 0. The summed E-state index contributed by atoms with van der Waals surface area (Å²) in [5.41, 5.74) is 4.31. The third kappa shape index (κ3) is 2.63. The van der Waals surface area contributed by atoms with Gasteiger partial charge in [-0.1, -0.05) is 82.7 Å². The van der Waals surface area contributed by atoms with Crippen LogP contribution >= 0.6 is 15.9 Å². The number of rotatable bonds is 1. The Hall–Kier alpha value is -3.62. The molecule has 1 heterocycles. The fourth-order valence-electron chi connectivity index (χ4n) is 4.91. The van der Waals surface area contributed by atoms with Crippen LogP contribution in [0.5, 0.6) is 0 Å². The standard InChI is InChI=1S/C30H17BrO/c31-23-10-13-25-22(16-23)6-5-21-15-19(8-11-24(21)25)20-9-14-29-28(17-20)27-12-7-18-3-1-2-4-26(18)30(27)32-29/h1-17H. The fourth-order valence-corrected chi connectivity index (χ4v) is 5.28. The van der Waals surface area contributed by atoms with Crippen molar-refractivity contribution in [3.8, 4) is 11.1 Å². The molecular formula is C30H17BrO. The fraction of sp³-hybridized carbons (Fsp3) is 0. The molecule has 6 aromatic carbocycles. The molecule has 0 amide bonds. The molecule has 1 aromatic heterocycles. The van der Waals surface area contributed by atoms with Crippen LogP contribution in [-0.2, 0) is 0 Å². The zero-order valence-electron chi connectivity index (χ0n) is 17.1. The Morgan fingerprint density at radius 3 is 2.06 bits per heavy atom. The number of hydrogen-bond donors (Lipinski definition) is 0. The number of hydrogen-bond acceptors (Lipinski definition) is 1. The Balaban J connectivity index is 1.43. The molecule has 0 aliphatic rings. The van der Waals surface area contributed by atoms with Crippen molar-refractivity contribution in [2.24, 2.45) is 0 Å². The first-order valence-corrected chi connectivity index (χ1v) is 11.5. The number of benzene rings is 6. The maximum atomic E-state index is 6.28. The van der Waals surface area contributed by atoms with E-state index in [-0.39, 0.29) is 0 Å². The van der Waals surface area contributed by atoms with Crippen LogP contribution < -0.4 is 0 Å². The van der Waals surface area contributed by atoms with Crippen LogP contribution in [0.3, 0.4) is 0 Å². The Morgan fingerprint density at radius 2 is 1.16 bits per heavy atom. The zero-order chi connectivity index (χ0) is 21.2. The summed E-state index contributed by atoms with van der Waals surface area (Å²) in [5.74, 6) is 0. The second-order valence-electron chi connectivity index (χ2n) is 8.34. The molecule has 0 fully saturated rings. The van der Waals surface area contributed by atoms with Gasteiger partial charge < -0.3 is 4.42 Å². The van der Waals surface area contributed by atoms with Crippen molar-refractivity contribution in [3.63, 3.8) is 0 Å². The molecule has 150 valence electrons. The highest BCUT2D eigenvalue weighted by Gasteiger charge is 2.12. The lowest BCUT2D eigenvalue weighted by Gasteiger charge is -2.08. The molecule has 0 saturated carbocycles. The minimum Gasteiger partial charge on any atom is -0.455 e.